The molecule has 1 amide bonds. The zero-order valence-electron chi connectivity index (χ0n) is 17.2. The highest BCUT2D eigenvalue weighted by Gasteiger charge is 2.31. The van der Waals surface area contributed by atoms with Gasteiger partial charge in [0.15, 0.2) is 0 Å². The van der Waals surface area contributed by atoms with E-state index in [9.17, 15) is 18.0 Å². The van der Waals surface area contributed by atoms with Gasteiger partial charge in [0.05, 0.1) is 5.56 Å². The van der Waals surface area contributed by atoms with Crippen LogP contribution in [0.1, 0.15) is 21.5 Å². The molecule has 0 heterocycles. The fraction of sp³-hybridized carbons (Fsp3) is 0.208. The van der Waals surface area contributed by atoms with Crippen molar-refractivity contribution in [3.8, 4) is 5.75 Å². The maximum Gasteiger partial charge on any atom is 0.446 e. The molecular formula is C24H23F3N2O2S. The van der Waals surface area contributed by atoms with Gasteiger partial charge in [0, 0.05) is 24.5 Å². The summed E-state index contributed by atoms with van der Waals surface area (Å²) in [6.07, 6.45) is 0. The van der Waals surface area contributed by atoms with Crippen molar-refractivity contribution in [3.05, 3.63) is 95.6 Å². The molecule has 3 rings (SSSR count). The number of rotatable bonds is 9. The monoisotopic (exact) mass is 460 g/mol. The molecule has 0 saturated carbocycles. The van der Waals surface area contributed by atoms with Gasteiger partial charge in [0.2, 0.25) is 0 Å². The van der Waals surface area contributed by atoms with Crippen molar-refractivity contribution in [1.82, 2.24) is 4.90 Å². The van der Waals surface area contributed by atoms with Crippen LogP contribution in [0.3, 0.4) is 0 Å². The second-order valence-electron chi connectivity index (χ2n) is 6.94. The van der Waals surface area contributed by atoms with Crippen LogP contribution < -0.4 is 10.5 Å². The first kappa shape index (κ1) is 23.7. The number of nitrogens with zero attached hydrogens (tertiary/aromatic N) is 1. The summed E-state index contributed by atoms with van der Waals surface area (Å²) in [5, 5.41) is 0. The molecule has 168 valence electrons. The zero-order valence-corrected chi connectivity index (χ0v) is 18.0. The highest BCUT2D eigenvalue weighted by molar-refractivity contribution is 8.00. The number of nitrogens with two attached hydrogens (primary N) is 1. The number of thioether (sulfide) groups is 1. The lowest BCUT2D eigenvalue weighted by Crippen LogP contribution is -2.35. The van der Waals surface area contributed by atoms with Crippen LogP contribution >= 0.6 is 11.8 Å². The quantitative estimate of drug-likeness (QED) is 0.430. The molecule has 8 heteroatoms. The summed E-state index contributed by atoms with van der Waals surface area (Å²) in [6, 6.07) is 22.5. The topological polar surface area (TPSA) is 55.6 Å². The summed E-state index contributed by atoms with van der Waals surface area (Å²) < 4.78 is 44.7. The summed E-state index contributed by atoms with van der Waals surface area (Å²) in [6.45, 7) is 0.652. The van der Waals surface area contributed by atoms with Crippen molar-refractivity contribution in [3.63, 3.8) is 0 Å². The van der Waals surface area contributed by atoms with E-state index in [2.05, 4.69) is 0 Å². The van der Waals surface area contributed by atoms with Gasteiger partial charge in [0.1, 0.15) is 12.4 Å². The summed E-state index contributed by atoms with van der Waals surface area (Å²) in [5.74, 6) is 0.0484. The van der Waals surface area contributed by atoms with Gasteiger partial charge in [-0.3, -0.25) is 4.79 Å². The number of carbonyl (C=O) groups excluding carboxylic acids is 1. The average molecular weight is 461 g/mol. The highest BCUT2D eigenvalue weighted by atomic mass is 32.2. The number of amides is 1. The predicted molar refractivity (Wildman–Crippen MR) is 119 cm³/mol. The molecule has 0 fully saturated rings. The smallest absolute Gasteiger partial charge is 0.446 e. The molecule has 3 aromatic rings. The van der Waals surface area contributed by atoms with Crippen LogP contribution in [0.2, 0.25) is 0 Å². The van der Waals surface area contributed by atoms with Crippen LogP contribution in [0.4, 0.5) is 13.2 Å². The van der Waals surface area contributed by atoms with Gasteiger partial charge in [-0.05, 0) is 41.1 Å². The third-order valence-electron chi connectivity index (χ3n) is 4.60. The van der Waals surface area contributed by atoms with E-state index in [4.69, 9.17) is 10.5 Å². The highest BCUT2D eigenvalue weighted by Crippen LogP contribution is 2.39. The number of hydrogen-bond donors (Lipinski definition) is 1. The summed E-state index contributed by atoms with van der Waals surface area (Å²) in [7, 11) is 0. The summed E-state index contributed by atoms with van der Waals surface area (Å²) in [4.78, 5) is 14.8. The largest absolute Gasteiger partial charge is 0.488 e. The Labute approximate surface area is 189 Å². The molecule has 0 aliphatic heterocycles. The molecule has 0 spiro atoms. The van der Waals surface area contributed by atoms with Crippen LogP contribution in [0, 0.1) is 0 Å². The Balaban J connectivity index is 1.82. The first-order valence-electron chi connectivity index (χ1n) is 9.96. The van der Waals surface area contributed by atoms with E-state index in [1.165, 1.54) is 11.0 Å². The number of benzene rings is 3. The average Bonchev–Trinajstić information content (AvgIpc) is 2.78. The second kappa shape index (κ2) is 11.1. The molecule has 0 aliphatic rings. The van der Waals surface area contributed by atoms with Crippen LogP contribution in [0.25, 0.3) is 0 Å². The second-order valence-corrected chi connectivity index (χ2v) is 8.05. The van der Waals surface area contributed by atoms with E-state index in [1.54, 1.807) is 42.5 Å². The number of carbonyl (C=O) groups is 1. The molecule has 0 bridgehead atoms. The SMILES string of the molecule is NCCN(Cc1ccccc1SC(F)(F)F)C(=O)c1ccccc1OCc1ccccc1. The number of halogens is 3. The van der Waals surface area contributed by atoms with E-state index < -0.39 is 5.51 Å². The van der Waals surface area contributed by atoms with E-state index in [1.807, 2.05) is 30.3 Å². The van der Waals surface area contributed by atoms with Crippen molar-refractivity contribution in [1.29, 1.82) is 0 Å². The van der Waals surface area contributed by atoms with Crippen molar-refractivity contribution in [2.24, 2.45) is 5.73 Å². The number of para-hydroxylation sites is 1. The van der Waals surface area contributed by atoms with Crippen molar-refractivity contribution < 1.29 is 22.7 Å². The standard InChI is InChI=1S/C24H23F3N2O2S/c25-24(26,27)32-22-13-7-4-10-19(22)16-29(15-14-28)23(30)20-11-5-6-12-21(20)31-17-18-8-2-1-3-9-18/h1-13H,14-17,28H2. The third-order valence-corrected chi connectivity index (χ3v) is 5.45. The molecule has 4 nitrogen and oxygen atoms in total. The molecule has 0 aromatic heterocycles. The molecule has 32 heavy (non-hydrogen) atoms. The zero-order chi connectivity index (χ0) is 23.0. The molecule has 0 atom stereocenters. The Hall–Kier alpha value is -2.97. The predicted octanol–water partition coefficient (Wildman–Crippen LogP) is 5.48. The van der Waals surface area contributed by atoms with Gasteiger partial charge in [-0.2, -0.15) is 13.2 Å². The minimum Gasteiger partial charge on any atom is -0.488 e. The molecule has 2 N–H and O–H groups in total. The van der Waals surface area contributed by atoms with Gasteiger partial charge in [-0.1, -0.05) is 60.7 Å². The minimum absolute atomic E-state index is 0.00229. The van der Waals surface area contributed by atoms with Gasteiger partial charge in [-0.15, -0.1) is 0 Å². The van der Waals surface area contributed by atoms with Crippen LogP contribution in [-0.2, 0) is 13.2 Å². The van der Waals surface area contributed by atoms with E-state index in [0.29, 0.717) is 16.9 Å². The maximum atomic E-state index is 13.3. The van der Waals surface area contributed by atoms with Crippen LogP contribution in [0.5, 0.6) is 5.75 Å². The van der Waals surface area contributed by atoms with Crippen molar-refractivity contribution >= 4 is 17.7 Å². The first-order valence-corrected chi connectivity index (χ1v) is 10.8. The fourth-order valence-electron chi connectivity index (χ4n) is 3.15. The van der Waals surface area contributed by atoms with Crippen molar-refractivity contribution in [2.45, 2.75) is 23.6 Å². The molecule has 0 unspecified atom stereocenters. The Morgan fingerprint density at radius 2 is 1.59 bits per heavy atom. The Bertz CT molecular complexity index is 1030. The Kier molecular flexibility index (Phi) is 8.19. The summed E-state index contributed by atoms with van der Waals surface area (Å²) in [5.41, 5.74) is 2.97. The lowest BCUT2D eigenvalue weighted by Gasteiger charge is -2.24. The summed E-state index contributed by atoms with van der Waals surface area (Å²) >= 11 is -0.190. The molecule has 0 aliphatic carbocycles. The van der Waals surface area contributed by atoms with Gasteiger partial charge in [0.25, 0.3) is 5.91 Å². The van der Waals surface area contributed by atoms with E-state index in [-0.39, 0.29) is 48.8 Å². The van der Waals surface area contributed by atoms with Crippen LogP contribution in [0.15, 0.2) is 83.8 Å². The van der Waals surface area contributed by atoms with Gasteiger partial charge >= 0.3 is 5.51 Å². The number of ether oxygens (including phenoxy) is 1. The lowest BCUT2D eigenvalue weighted by atomic mass is 10.1. The van der Waals surface area contributed by atoms with Gasteiger partial charge < -0.3 is 15.4 Å². The fourth-order valence-corrected chi connectivity index (χ4v) is 3.81. The molecular weight excluding hydrogens is 437 g/mol. The lowest BCUT2D eigenvalue weighted by molar-refractivity contribution is -0.0328. The molecule has 0 radical (unpaired) electrons. The third kappa shape index (κ3) is 6.77. The van der Waals surface area contributed by atoms with Gasteiger partial charge in [-0.25, -0.2) is 0 Å². The first-order chi connectivity index (χ1) is 15.4. The minimum atomic E-state index is -4.42. The Morgan fingerprint density at radius 1 is 0.938 bits per heavy atom. The maximum absolute atomic E-state index is 13.3. The van der Waals surface area contributed by atoms with Crippen molar-refractivity contribution in [2.75, 3.05) is 13.1 Å². The number of alkyl halides is 3. The molecule has 3 aromatic carbocycles. The van der Waals surface area contributed by atoms with E-state index in [0.717, 1.165) is 5.56 Å². The van der Waals surface area contributed by atoms with Crippen LogP contribution in [-0.4, -0.2) is 29.4 Å². The Morgan fingerprint density at radius 3 is 2.31 bits per heavy atom. The molecule has 0 saturated heterocycles. The number of hydrogen-bond acceptors (Lipinski definition) is 4. The van der Waals surface area contributed by atoms with E-state index >= 15 is 0 Å². The normalized spacial score (nSPS) is 11.2.